The van der Waals surface area contributed by atoms with Crippen molar-refractivity contribution in [2.24, 2.45) is 0 Å². The van der Waals surface area contributed by atoms with E-state index in [-0.39, 0.29) is 5.78 Å². The third-order valence-electron chi connectivity index (χ3n) is 3.18. The second-order valence-corrected chi connectivity index (χ2v) is 4.51. The second-order valence-electron chi connectivity index (χ2n) is 4.51. The SMILES string of the molecule is CCCCc1cccc2ccc(C(C)=O)cc12. The molecule has 0 spiro atoms. The zero-order chi connectivity index (χ0) is 12.3. The topological polar surface area (TPSA) is 17.1 Å². The van der Waals surface area contributed by atoms with E-state index in [2.05, 4.69) is 25.1 Å². The quantitative estimate of drug-likeness (QED) is 0.707. The van der Waals surface area contributed by atoms with Crippen LogP contribution in [0.4, 0.5) is 0 Å². The highest BCUT2D eigenvalue weighted by atomic mass is 16.1. The van der Waals surface area contributed by atoms with E-state index in [0.717, 1.165) is 12.0 Å². The van der Waals surface area contributed by atoms with E-state index < -0.39 is 0 Å². The summed E-state index contributed by atoms with van der Waals surface area (Å²) in [6, 6.07) is 12.4. The Morgan fingerprint density at radius 1 is 1.18 bits per heavy atom. The van der Waals surface area contributed by atoms with E-state index >= 15 is 0 Å². The van der Waals surface area contributed by atoms with E-state index in [4.69, 9.17) is 0 Å². The van der Waals surface area contributed by atoms with E-state index in [1.54, 1.807) is 6.92 Å². The highest BCUT2D eigenvalue weighted by molar-refractivity contribution is 5.99. The van der Waals surface area contributed by atoms with E-state index in [0.29, 0.717) is 0 Å². The van der Waals surface area contributed by atoms with Gasteiger partial charge in [-0.15, -0.1) is 0 Å². The first-order valence-electron chi connectivity index (χ1n) is 6.25. The molecule has 0 unspecified atom stereocenters. The van der Waals surface area contributed by atoms with Crippen molar-refractivity contribution < 1.29 is 4.79 Å². The van der Waals surface area contributed by atoms with Crippen LogP contribution in [-0.4, -0.2) is 5.78 Å². The Bertz CT molecular complexity index is 540. The number of aryl methyl sites for hydroxylation is 1. The van der Waals surface area contributed by atoms with Crippen LogP contribution in [0, 0.1) is 0 Å². The lowest BCUT2D eigenvalue weighted by Crippen LogP contribution is -1.93. The fourth-order valence-electron chi connectivity index (χ4n) is 2.14. The molecule has 0 heterocycles. The summed E-state index contributed by atoms with van der Waals surface area (Å²) >= 11 is 0. The van der Waals surface area contributed by atoms with Crippen molar-refractivity contribution in [3.05, 3.63) is 47.5 Å². The van der Waals surface area contributed by atoms with Gasteiger partial charge in [-0.05, 0) is 42.2 Å². The molecule has 2 aromatic carbocycles. The second kappa shape index (κ2) is 5.13. The van der Waals surface area contributed by atoms with Crippen LogP contribution in [0.3, 0.4) is 0 Å². The maximum atomic E-state index is 11.4. The van der Waals surface area contributed by atoms with Gasteiger partial charge < -0.3 is 0 Å². The number of fused-ring (bicyclic) bond motifs is 1. The number of carbonyl (C=O) groups excluding carboxylic acids is 1. The summed E-state index contributed by atoms with van der Waals surface area (Å²) in [5, 5.41) is 2.46. The van der Waals surface area contributed by atoms with Gasteiger partial charge in [-0.1, -0.05) is 43.7 Å². The Balaban J connectivity index is 2.51. The van der Waals surface area contributed by atoms with Gasteiger partial charge in [0.2, 0.25) is 0 Å². The van der Waals surface area contributed by atoms with Gasteiger partial charge in [0.1, 0.15) is 0 Å². The van der Waals surface area contributed by atoms with Gasteiger partial charge in [-0.3, -0.25) is 4.79 Å². The number of unbranched alkanes of at least 4 members (excludes halogenated alkanes) is 1. The largest absolute Gasteiger partial charge is 0.295 e. The molecule has 1 nitrogen and oxygen atoms in total. The molecular weight excluding hydrogens is 208 g/mol. The molecule has 2 rings (SSSR count). The normalized spacial score (nSPS) is 10.7. The average Bonchev–Trinajstić information content (AvgIpc) is 2.35. The van der Waals surface area contributed by atoms with E-state index in [1.165, 1.54) is 29.2 Å². The van der Waals surface area contributed by atoms with E-state index in [1.807, 2.05) is 18.2 Å². The van der Waals surface area contributed by atoms with Crippen LogP contribution in [0.2, 0.25) is 0 Å². The third-order valence-corrected chi connectivity index (χ3v) is 3.18. The summed E-state index contributed by atoms with van der Waals surface area (Å²) in [5.74, 6) is 0.136. The number of carbonyl (C=O) groups is 1. The predicted octanol–water partition coefficient (Wildman–Crippen LogP) is 4.39. The Morgan fingerprint density at radius 2 is 2.00 bits per heavy atom. The van der Waals surface area contributed by atoms with Crippen molar-refractivity contribution in [3.63, 3.8) is 0 Å². The maximum Gasteiger partial charge on any atom is 0.159 e. The number of hydrogen-bond donors (Lipinski definition) is 0. The van der Waals surface area contributed by atoms with Crippen LogP contribution >= 0.6 is 0 Å². The molecule has 0 aliphatic carbocycles. The molecule has 0 bridgehead atoms. The molecule has 0 atom stereocenters. The van der Waals surface area contributed by atoms with Gasteiger partial charge in [0.05, 0.1) is 0 Å². The summed E-state index contributed by atoms with van der Waals surface area (Å²) < 4.78 is 0. The number of ketones is 1. The Morgan fingerprint density at radius 3 is 2.71 bits per heavy atom. The molecule has 0 amide bonds. The molecule has 0 fully saturated rings. The lowest BCUT2D eigenvalue weighted by Gasteiger charge is -2.07. The molecule has 0 radical (unpaired) electrons. The fraction of sp³-hybridized carbons (Fsp3) is 0.312. The Hall–Kier alpha value is -1.63. The van der Waals surface area contributed by atoms with E-state index in [9.17, 15) is 4.79 Å². The van der Waals surface area contributed by atoms with Crippen LogP contribution in [0.15, 0.2) is 36.4 Å². The Labute approximate surface area is 102 Å². The summed E-state index contributed by atoms with van der Waals surface area (Å²) in [5.41, 5.74) is 2.16. The number of Topliss-reactive ketones (excluding diaryl/α,β-unsaturated/α-hetero) is 1. The number of benzene rings is 2. The van der Waals surface area contributed by atoms with Crippen molar-refractivity contribution in [1.29, 1.82) is 0 Å². The first kappa shape index (κ1) is 11.8. The average molecular weight is 226 g/mol. The van der Waals surface area contributed by atoms with Crippen molar-refractivity contribution in [2.75, 3.05) is 0 Å². The van der Waals surface area contributed by atoms with Gasteiger partial charge in [-0.25, -0.2) is 0 Å². The molecule has 0 saturated heterocycles. The molecule has 2 aromatic rings. The van der Waals surface area contributed by atoms with Gasteiger partial charge in [0.15, 0.2) is 5.78 Å². The summed E-state index contributed by atoms with van der Waals surface area (Å²) in [6.07, 6.45) is 3.49. The van der Waals surface area contributed by atoms with Crippen molar-refractivity contribution in [3.8, 4) is 0 Å². The van der Waals surface area contributed by atoms with Gasteiger partial charge >= 0.3 is 0 Å². The Kier molecular flexibility index (Phi) is 3.58. The van der Waals surface area contributed by atoms with Crippen LogP contribution in [0.5, 0.6) is 0 Å². The molecule has 0 aliphatic heterocycles. The molecule has 0 N–H and O–H groups in total. The van der Waals surface area contributed by atoms with Crippen LogP contribution in [0.25, 0.3) is 10.8 Å². The fourth-order valence-corrected chi connectivity index (χ4v) is 2.14. The smallest absolute Gasteiger partial charge is 0.159 e. The van der Waals surface area contributed by atoms with Crippen molar-refractivity contribution in [2.45, 2.75) is 33.1 Å². The van der Waals surface area contributed by atoms with Crippen molar-refractivity contribution in [1.82, 2.24) is 0 Å². The maximum absolute atomic E-state index is 11.4. The molecule has 88 valence electrons. The summed E-state index contributed by atoms with van der Waals surface area (Å²) in [7, 11) is 0. The van der Waals surface area contributed by atoms with Gasteiger partial charge in [0, 0.05) is 5.56 Å². The minimum absolute atomic E-state index is 0.136. The monoisotopic (exact) mass is 226 g/mol. The highest BCUT2D eigenvalue weighted by Gasteiger charge is 2.04. The summed E-state index contributed by atoms with van der Waals surface area (Å²) in [6.45, 7) is 3.82. The van der Waals surface area contributed by atoms with Gasteiger partial charge in [0.25, 0.3) is 0 Å². The number of hydrogen-bond acceptors (Lipinski definition) is 1. The molecule has 17 heavy (non-hydrogen) atoms. The minimum Gasteiger partial charge on any atom is -0.295 e. The standard InChI is InChI=1S/C16H18O/c1-3-4-6-13-7-5-8-14-9-10-15(12(2)17)11-16(13)14/h5,7-11H,3-4,6H2,1-2H3. The van der Waals surface area contributed by atoms with Gasteiger partial charge in [-0.2, -0.15) is 0 Å². The van der Waals surface area contributed by atoms with Crippen molar-refractivity contribution >= 4 is 16.6 Å². The molecular formula is C16H18O. The first-order chi connectivity index (χ1) is 8.22. The minimum atomic E-state index is 0.136. The van der Waals surface area contributed by atoms with Crippen LogP contribution in [-0.2, 0) is 6.42 Å². The molecule has 0 aliphatic rings. The zero-order valence-electron chi connectivity index (χ0n) is 10.5. The third kappa shape index (κ3) is 2.55. The molecule has 1 heteroatoms. The highest BCUT2D eigenvalue weighted by Crippen LogP contribution is 2.22. The summed E-state index contributed by atoms with van der Waals surface area (Å²) in [4.78, 5) is 11.4. The molecule has 0 aromatic heterocycles. The lowest BCUT2D eigenvalue weighted by molar-refractivity contribution is 0.101. The lowest BCUT2D eigenvalue weighted by atomic mass is 9.97. The molecule has 0 saturated carbocycles. The predicted molar refractivity (Wildman–Crippen MR) is 72.6 cm³/mol. The first-order valence-corrected chi connectivity index (χ1v) is 6.25. The zero-order valence-corrected chi connectivity index (χ0v) is 10.5. The number of rotatable bonds is 4. The van der Waals surface area contributed by atoms with Crippen LogP contribution < -0.4 is 0 Å². The van der Waals surface area contributed by atoms with Crippen LogP contribution in [0.1, 0.15) is 42.6 Å².